The highest BCUT2D eigenvalue weighted by Crippen LogP contribution is 2.21. The van der Waals surface area contributed by atoms with Crippen LogP contribution in [0.15, 0.2) is 53.4 Å². The summed E-state index contributed by atoms with van der Waals surface area (Å²) in [5.41, 5.74) is 6.28. The molecule has 0 bridgehead atoms. The van der Waals surface area contributed by atoms with Crippen LogP contribution in [0.25, 0.3) is 0 Å². The molecule has 2 nitrogen and oxygen atoms in total. The zero-order valence-corrected chi connectivity index (χ0v) is 13.1. The van der Waals surface area contributed by atoms with Gasteiger partial charge in [0.2, 0.25) is 0 Å². The van der Waals surface area contributed by atoms with Gasteiger partial charge in [-0.15, -0.1) is 11.8 Å². The van der Waals surface area contributed by atoms with Crippen molar-refractivity contribution >= 4 is 23.4 Å². The van der Waals surface area contributed by atoms with E-state index in [4.69, 9.17) is 22.1 Å². The van der Waals surface area contributed by atoms with Crippen LogP contribution >= 0.6 is 23.4 Å². The highest BCUT2D eigenvalue weighted by atomic mass is 35.5. The third-order valence-corrected chi connectivity index (χ3v) is 3.80. The zero-order chi connectivity index (χ0) is 14.9. The number of ether oxygens (including phenoxy) is 1. The van der Waals surface area contributed by atoms with Crippen LogP contribution in [0.5, 0.6) is 5.75 Å². The predicted octanol–water partition coefficient (Wildman–Crippen LogP) is 3.82. The van der Waals surface area contributed by atoms with Crippen LogP contribution in [0, 0.1) is 11.8 Å². The maximum Gasteiger partial charge on any atom is 0.119 e. The Bertz CT molecular complexity index is 631. The van der Waals surface area contributed by atoms with Gasteiger partial charge in [-0.3, -0.25) is 0 Å². The average molecular weight is 318 g/mol. The molecule has 0 spiro atoms. The Hall–Kier alpha value is -1.60. The molecular formula is C17H16ClNOS. The second kappa shape index (κ2) is 8.63. The molecule has 2 N–H and O–H groups in total. The van der Waals surface area contributed by atoms with Gasteiger partial charge in [-0.1, -0.05) is 29.5 Å². The number of hydrogen-bond acceptors (Lipinski definition) is 3. The van der Waals surface area contributed by atoms with Crippen molar-refractivity contribution in [1.29, 1.82) is 0 Å². The SMILES string of the molecule is NCC#Cc1ccc(OCCSc2cccc(Cl)c2)cc1. The molecule has 0 aliphatic heterocycles. The van der Waals surface area contributed by atoms with E-state index in [1.54, 1.807) is 11.8 Å². The first-order chi connectivity index (χ1) is 10.3. The average Bonchev–Trinajstić information content (AvgIpc) is 2.51. The number of benzene rings is 2. The van der Waals surface area contributed by atoms with Gasteiger partial charge in [-0.2, -0.15) is 0 Å². The van der Waals surface area contributed by atoms with Crippen LogP contribution < -0.4 is 10.5 Å². The summed E-state index contributed by atoms with van der Waals surface area (Å²) >= 11 is 7.66. The van der Waals surface area contributed by atoms with Gasteiger partial charge in [0.25, 0.3) is 0 Å². The van der Waals surface area contributed by atoms with Crippen molar-refractivity contribution < 1.29 is 4.74 Å². The molecule has 0 saturated heterocycles. The molecule has 0 aliphatic rings. The summed E-state index contributed by atoms with van der Waals surface area (Å²) in [5.74, 6) is 7.52. The lowest BCUT2D eigenvalue weighted by Gasteiger charge is -2.06. The standard InChI is InChI=1S/C17H16ClNOS/c18-15-4-1-5-17(13-15)21-12-11-20-16-8-6-14(7-9-16)3-2-10-19/h1,4-9,13H,10-12,19H2. The quantitative estimate of drug-likeness (QED) is 0.517. The van der Waals surface area contributed by atoms with Crippen molar-refractivity contribution in [1.82, 2.24) is 0 Å². The summed E-state index contributed by atoms with van der Waals surface area (Å²) < 4.78 is 5.69. The maximum atomic E-state index is 5.94. The first kappa shape index (κ1) is 15.8. The normalized spacial score (nSPS) is 9.81. The van der Waals surface area contributed by atoms with E-state index < -0.39 is 0 Å². The van der Waals surface area contributed by atoms with Crippen molar-refractivity contribution in [2.75, 3.05) is 18.9 Å². The van der Waals surface area contributed by atoms with Crippen LogP contribution in [0.1, 0.15) is 5.56 Å². The number of thioether (sulfide) groups is 1. The van der Waals surface area contributed by atoms with E-state index >= 15 is 0 Å². The van der Waals surface area contributed by atoms with Crippen molar-refractivity contribution in [2.24, 2.45) is 5.73 Å². The Kier molecular flexibility index (Phi) is 6.49. The number of rotatable bonds is 5. The van der Waals surface area contributed by atoms with Gasteiger partial charge in [-0.25, -0.2) is 0 Å². The fraction of sp³-hybridized carbons (Fsp3) is 0.176. The third-order valence-electron chi connectivity index (χ3n) is 2.61. The fourth-order valence-electron chi connectivity index (χ4n) is 1.66. The summed E-state index contributed by atoms with van der Waals surface area (Å²) in [6.45, 7) is 1.02. The Balaban J connectivity index is 1.76. The molecule has 0 saturated carbocycles. The zero-order valence-electron chi connectivity index (χ0n) is 11.5. The Morgan fingerprint density at radius 2 is 1.95 bits per heavy atom. The molecule has 0 radical (unpaired) electrons. The molecule has 0 unspecified atom stereocenters. The smallest absolute Gasteiger partial charge is 0.119 e. The van der Waals surface area contributed by atoms with Crippen LogP contribution in [0.3, 0.4) is 0 Å². The minimum Gasteiger partial charge on any atom is -0.493 e. The minimum atomic E-state index is 0.374. The lowest BCUT2D eigenvalue weighted by atomic mass is 10.2. The number of hydrogen-bond donors (Lipinski definition) is 1. The van der Waals surface area contributed by atoms with Gasteiger partial charge in [-0.05, 0) is 42.5 Å². The van der Waals surface area contributed by atoms with Crippen molar-refractivity contribution in [3.05, 3.63) is 59.1 Å². The van der Waals surface area contributed by atoms with E-state index in [0.29, 0.717) is 13.2 Å². The summed E-state index contributed by atoms with van der Waals surface area (Å²) in [4.78, 5) is 1.15. The molecule has 2 rings (SSSR count). The second-order valence-electron chi connectivity index (χ2n) is 4.18. The van der Waals surface area contributed by atoms with E-state index in [1.807, 2.05) is 48.5 Å². The van der Waals surface area contributed by atoms with Crippen molar-refractivity contribution in [2.45, 2.75) is 4.90 Å². The van der Waals surface area contributed by atoms with Gasteiger partial charge in [0.15, 0.2) is 0 Å². The predicted molar refractivity (Wildman–Crippen MR) is 90.0 cm³/mol. The van der Waals surface area contributed by atoms with Gasteiger partial charge >= 0.3 is 0 Å². The third kappa shape index (κ3) is 5.73. The van der Waals surface area contributed by atoms with Gasteiger partial charge in [0, 0.05) is 21.2 Å². The van der Waals surface area contributed by atoms with E-state index in [0.717, 1.165) is 27.0 Å². The van der Waals surface area contributed by atoms with Crippen LogP contribution in [-0.4, -0.2) is 18.9 Å². The molecular weight excluding hydrogens is 302 g/mol. The topological polar surface area (TPSA) is 35.2 Å². The van der Waals surface area contributed by atoms with Gasteiger partial charge in [0.05, 0.1) is 13.2 Å². The number of halogens is 1. The highest BCUT2D eigenvalue weighted by Gasteiger charge is 1.97. The lowest BCUT2D eigenvalue weighted by molar-refractivity contribution is 0.344. The largest absolute Gasteiger partial charge is 0.493 e. The van der Waals surface area contributed by atoms with E-state index in [9.17, 15) is 0 Å². The molecule has 4 heteroatoms. The molecule has 21 heavy (non-hydrogen) atoms. The molecule has 0 atom stereocenters. The summed E-state index contributed by atoms with van der Waals surface area (Å²) in [6, 6.07) is 15.5. The van der Waals surface area contributed by atoms with Crippen LogP contribution in [0.2, 0.25) is 5.02 Å². The summed E-state index contributed by atoms with van der Waals surface area (Å²) in [7, 11) is 0. The molecule has 2 aromatic carbocycles. The Morgan fingerprint density at radius 1 is 1.14 bits per heavy atom. The Labute approximate surface area is 134 Å². The molecule has 2 aromatic rings. The first-order valence-corrected chi connectivity index (χ1v) is 7.94. The highest BCUT2D eigenvalue weighted by molar-refractivity contribution is 7.99. The van der Waals surface area contributed by atoms with Gasteiger partial charge in [0.1, 0.15) is 5.75 Å². The van der Waals surface area contributed by atoms with Crippen LogP contribution in [-0.2, 0) is 0 Å². The Morgan fingerprint density at radius 3 is 2.67 bits per heavy atom. The monoisotopic (exact) mass is 317 g/mol. The fourth-order valence-corrected chi connectivity index (χ4v) is 2.71. The molecule has 0 heterocycles. The van der Waals surface area contributed by atoms with Crippen molar-refractivity contribution in [3.8, 4) is 17.6 Å². The summed E-state index contributed by atoms with van der Waals surface area (Å²) in [6.07, 6.45) is 0. The van der Waals surface area contributed by atoms with E-state index in [-0.39, 0.29) is 0 Å². The van der Waals surface area contributed by atoms with E-state index in [2.05, 4.69) is 11.8 Å². The lowest BCUT2D eigenvalue weighted by Crippen LogP contribution is -1.99. The molecule has 0 fully saturated rings. The van der Waals surface area contributed by atoms with E-state index in [1.165, 1.54) is 0 Å². The molecule has 0 aromatic heterocycles. The van der Waals surface area contributed by atoms with Gasteiger partial charge < -0.3 is 10.5 Å². The van der Waals surface area contributed by atoms with Crippen LogP contribution in [0.4, 0.5) is 0 Å². The van der Waals surface area contributed by atoms with Crippen molar-refractivity contribution in [3.63, 3.8) is 0 Å². The molecule has 108 valence electrons. The number of nitrogens with two attached hydrogens (primary N) is 1. The first-order valence-electron chi connectivity index (χ1n) is 6.58. The summed E-state index contributed by atoms with van der Waals surface area (Å²) in [5, 5.41) is 0.759. The minimum absolute atomic E-state index is 0.374. The molecule has 0 amide bonds. The maximum absolute atomic E-state index is 5.94. The second-order valence-corrected chi connectivity index (χ2v) is 5.79. The molecule has 0 aliphatic carbocycles.